The number of rotatable bonds is 5. The molecule has 0 radical (unpaired) electrons. The van der Waals surface area contributed by atoms with Crippen molar-refractivity contribution < 1.29 is 9.90 Å². The van der Waals surface area contributed by atoms with Gasteiger partial charge in [-0.05, 0) is 38.0 Å². The normalized spacial score (nSPS) is 18.8. The Hall–Kier alpha value is -1.20. The van der Waals surface area contributed by atoms with Gasteiger partial charge in [0.1, 0.15) is 0 Å². The fourth-order valence-corrected chi connectivity index (χ4v) is 3.66. The molecule has 0 saturated carbocycles. The Morgan fingerprint density at radius 2 is 2.14 bits per heavy atom. The first-order chi connectivity index (χ1) is 10.4. The van der Waals surface area contributed by atoms with Gasteiger partial charge in [-0.2, -0.15) is 11.8 Å². The molecule has 0 aliphatic carbocycles. The van der Waals surface area contributed by atoms with Crippen LogP contribution in [0.25, 0.3) is 0 Å². The fourth-order valence-electron chi connectivity index (χ4n) is 2.59. The molecule has 2 rings (SSSR count). The van der Waals surface area contributed by atoms with Crippen LogP contribution in [-0.2, 0) is 6.54 Å². The Morgan fingerprint density at radius 3 is 2.73 bits per heavy atom. The molecule has 0 aromatic heterocycles. The van der Waals surface area contributed by atoms with E-state index in [1.54, 1.807) is 18.7 Å². The molecular formula is C17H26N2O2S. The number of thioether (sulfide) groups is 1. The van der Waals surface area contributed by atoms with E-state index in [2.05, 4.69) is 5.32 Å². The molecule has 1 aromatic rings. The molecule has 1 saturated heterocycles. The third-order valence-corrected chi connectivity index (χ3v) is 4.78. The average molecular weight is 322 g/mol. The SMILES string of the molecule is CC(C)(O)CN(Cc1ccccc1)C(=O)N[C@@H]1CCCSC1. The monoisotopic (exact) mass is 322 g/mol. The zero-order valence-electron chi connectivity index (χ0n) is 13.4. The maximum Gasteiger partial charge on any atom is 0.318 e. The molecule has 1 atom stereocenters. The number of hydrogen-bond acceptors (Lipinski definition) is 3. The predicted molar refractivity (Wildman–Crippen MR) is 92.0 cm³/mol. The smallest absolute Gasteiger partial charge is 0.318 e. The molecule has 2 N–H and O–H groups in total. The van der Waals surface area contributed by atoms with Gasteiger partial charge in [-0.15, -0.1) is 0 Å². The van der Waals surface area contributed by atoms with Crippen LogP contribution >= 0.6 is 11.8 Å². The van der Waals surface area contributed by atoms with Crippen molar-refractivity contribution in [2.45, 2.75) is 44.9 Å². The molecule has 0 bridgehead atoms. The summed E-state index contributed by atoms with van der Waals surface area (Å²) in [4.78, 5) is 14.3. The highest BCUT2D eigenvalue weighted by Gasteiger charge is 2.25. The summed E-state index contributed by atoms with van der Waals surface area (Å²) in [5, 5.41) is 13.2. The maximum absolute atomic E-state index is 12.6. The number of benzene rings is 1. The second kappa shape index (κ2) is 7.88. The second-order valence-electron chi connectivity index (χ2n) is 6.52. The van der Waals surface area contributed by atoms with Gasteiger partial charge in [0.15, 0.2) is 0 Å². The molecule has 122 valence electrons. The van der Waals surface area contributed by atoms with Crippen molar-refractivity contribution in [1.29, 1.82) is 0 Å². The molecular weight excluding hydrogens is 296 g/mol. The maximum atomic E-state index is 12.6. The van der Waals surface area contributed by atoms with Crippen molar-refractivity contribution in [2.75, 3.05) is 18.1 Å². The van der Waals surface area contributed by atoms with Crippen molar-refractivity contribution in [1.82, 2.24) is 10.2 Å². The first-order valence-electron chi connectivity index (χ1n) is 7.83. The minimum absolute atomic E-state index is 0.0847. The lowest BCUT2D eigenvalue weighted by molar-refractivity contribution is 0.0442. The summed E-state index contributed by atoms with van der Waals surface area (Å²) in [6, 6.07) is 10.1. The number of carbonyl (C=O) groups is 1. The van der Waals surface area contributed by atoms with E-state index in [1.807, 2.05) is 42.1 Å². The van der Waals surface area contributed by atoms with Crippen LogP contribution < -0.4 is 5.32 Å². The number of nitrogens with one attached hydrogen (secondary N) is 1. The number of nitrogens with zero attached hydrogens (tertiary/aromatic N) is 1. The highest BCUT2D eigenvalue weighted by atomic mass is 32.2. The summed E-state index contributed by atoms with van der Waals surface area (Å²) in [5.74, 6) is 2.16. The Kier molecular flexibility index (Phi) is 6.15. The highest BCUT2D eigenvalue weighted by Crippen LogP contribution is 2.18. The van der Waals surface area contributed by atoms with Gasteiger partial charge < -0.3 is 15.3 Å². The molecule has 1 aromatic carbocycles. The Bertz CT molecular complexity index is 467. The summed E-state index contributed by atoms with van der Waals surface area (Å²) >= 11 is 1.89. The van der Waals surface area contributed by atoms with Crippen molar-refractivity contribution in [3.63, 3.8) is 0 Å². The number of urea groups is 1. The molecule has 1 aliphatic heterocycles. The van der Waals surface area contributed by atoms with Crippen molar-refractivity contribution in [3.05, 3.63) is 35.9 Å². The van der Waals surface area contributed by atoms with Gasteiger partial charge >= 0.3 is 6.03 Å². The van der Waals surface area contributed by atoms with Gasteiger partial charge in [0.05, 0.1) is 12.1 Å². The van der Waals surface area contributed by atoms with E-state index in [0.717, 1.165) is 24.2 Å². The van der Waals surface area contributed by atoms with Crippen LogP contribution in [0.15, 0.2) is 30.3 Å². The Morgan fingerprint density at radius 1 is 1.41 bits per heavy atom. The third kappa shape index (κ3) is 5.89. The van der Waals surface area contributed by atoms with Crippen LogP contribution in [0.1, 0.15) is 32.3 Å². The number of aliphatic hydroxyl groups is 1. The van der Waals surface area contributed by atoms with Crippen LogP contribution in [-0.4, -0.2) is 45.7 Å². The molecule has 0 unspecified atom stereocenters. The summed E-state index contributed by atoms with van der Waals surface area (Å²) in [7, 11) is 0. The van der Waals surface area contributed by atoms with Gasteiger partial charge in [-0.3, -0.25) is 0 Å². The van der Waals surface area contributed by atoms with Crippen molar-refractivity contribution >= 4 is 17.8 Å². The van der Waals surface area contributed by atoms with E-state index in [9.17, 15) is 9.90 Å². The molecule has 5 heteroatoms. The molecule has 1 fully saturated rings. The van der Waals surface area contributed by atoms with Crippen molar-refractivity contribution in [2.24, 2.45) is 0 Å². The fraction of sp³-hybridized carbons (Fsp3) is 0.588. The average Bonchev–Trinajstić information content (AvgIpc) is 2.47. The number of amides is 2. The predicted octanol–water partition coefficient (Wildman–Crippen LogP) is 2.86. The quantitative estimate of drug-likeness (QED) is 0.876. The Labute approximate surface area is 137 Å². The minimum atomic E-state index is -0.909. The van der Waals surface area contributed by atoms with Crippen molar-refractivity contribution in [3.8, 4) is 0 Å². The van der Waals surface area contributed by atoms with E-state index in [1.165, 1.54) is 5.75 Å². The molecule has 2 amide bonds. The summed E-state index contributed by atoms with van der Waals surface area (Å²) < 4.78 is 0. The van der Waals surface area contributed by atoms with Gasteiger partial charge in [-0.1, -0.05) is 30.3 Å². The topological polar surface area (TPSA) is 52.6 Å². The zero-order valence-corrected chi connectivity index (χ0v) is 14.2. The van der Waals surface area contributed by atoms with Gasteiger partial charge in [-0.25, -0.2) is 4.79 Å². The largest absolute Gasteiger partial charge is 0.389 e. The third-order valence-electron chi connectivity index (χ3n) is 3.57. The lowest BCUT2D eigenvalue weighted by Gasteiger charge is -2.32. The molecule has 22 heavy (non-hydrogen) atoms. The second-order valence-corrected chi connectivity index (χ2v) is 7.67. The lowest BCUT2D eigenvalue weighted by Crippen LogP contribution is -2.50. The summed E-state index contributed by atoms with van der Waals surface area (Å²) in [6.45, 7) is 4.29. The molecule has 1 aliphatic rings. The lowest BCUT2D eigenvalue weighted by atomic mass is 10.1. The first kappa shape index (κ1) is 17.2. The first-order valence-corrected chi connectivity index (χ1v) is 8.99. The zero-order chi connectivity index (χ0) is 16.0. The standard InChI is InChI=1S/C17H26N2O2S/c1-17(2,21)13-19(11-14-7-4-3-5-8-14)16(20)18-15-9-6-10-22-12-15/h3-5,7-8,15,21H,6,9-13H2,1-2H3,(H,18,20)/t15-/m1/s1. The van der Waals surface area contributed by atoms with Crippen LogP contribution in [0.4, 0.5) is 4.79 Å². The van der Waals surface area contributed by atoms with E-state index < -0.39 is 5.60 Å². The highest BCUT2D eigenvalue weighted by molar-refractivity contribution is 7.99. The number of carbonyl (C=O) groups excluding carboxylic acids is 1. The summed E-state index contributed by atoms with van der Waals surface area (Å²) in [5.41, 5.74) is 0.160. The van der Waals surface area contributed by atoms with E-state index in [0.29, 0.717) is 13.1 Å². The minimum Gasteiger partial charge on any atom is -0.389 e. The van der Waals surface area contributed by atoms with Crippen LogP contribution in [0.2, 0.25) is 0 Å². The van der Waals surface area contributed by atoms with E-state index in [4.69, 9.17) is 0 Å². The van der Waals surface area contributed by atoms with Crippen LogP contribution in [0.3, 0.4) is 0 Å². The summed E-state index contributed by atoms with van der Waals surface area (Å²) in [6.07, 6.45) is 2.19. The van der Waals surface area contributed by atoms with Gasteiger partial charge in [0.25, 0.3) is 0 Å². The van der Waals surface area contributed by atoms with Crippen LogP contribution in [0.5, 0.6) is 0 Å². The Balaban J connectivity index is 2.00. The van der Waals surface area contributed by atoms with Crippen LogP contribution in [0, 0.1) is 0 Å². The molecule has 4 nitrogen and oxygen atoms in total. The molecule has 1 heterocycles. The van der Waals surface area contributed by atoms with Gasteiger partial charge in [0.2, 0.25) is 0 Å². The van der Waals surface area contributed by atoms with E-state index >= 15 is 0 Å². The van der Waals surface area contributed by atoms with Gasteiger partial charge in [0, 0.05) is 18.3 Å². The molecule has 0 spiro atoms. The number of hydrogen-bond donors (Lipinski definition) is 2. The van der Waals surface area contributed by atoms with E-state index in [-0.39, 0.29) is 12.1 Å².